The molecule has 0 fully saturated rings. The average Bonchev–Trinajstić information content (AvgIpc) is 2.29. The van der Waals surface area contributed by atoms with E-state index in [1.807, 2.05) is 0 Å². The minimum absolute atomic E-state index is 0. The van der Waals surface area contributed by atoms with E-state index in [0.29, 0.717) is 29.7 Å². The highest BCUT2D eigenvalue weighted by Gasteiger charge is 2.14. The molecule has 0 heterocycles. The number of nitrogens with one attached hydrogen (secondary N) is 1. The van der Waals surface area contributed by atoms with E-state index in [1.165, 1.54) is 19.2 Å². The topological polar surface area (TPSA) is 81.4 Å². The van der Waals surface area contributed by atoms with Gasteiger partial charge in [0.1, 0.15) is 5.75 Å². The van der Waals surface area contributed by atoms with Crippen LogP contribution in [0.15, 0.2) is 27.6 Å². The van der Waals surface area contributed by atoms with Crippen molar-refractivity contribution in [3.8, 4) is 5.75 Å². The SMILES string of the molecule is COc1ccc(S(=O)(=O)NCCCN)cc1Br.Cl. The number of halogens is 2. The summed E-state index contributed by atoms with van der Waals surface area (Å²) in [5.74, 6) is 0.589. The summed E-state index contributed by atoms with van der Waals surface area (Å²) in [6, 6.07) is 4.60. The van der Waals surface area contributed by atoms with Gasteiger partial charge in [-0.1, -0.05) is 0 Å². The molecule has 104 valence electrons. The molecule has 0 amide bonds. The summed E-state index contributed by atoms with van der Waals surface area (Å²) in [5.41, 5.74) is 5.30. The van der Waals surface area contributed by atoms with Crippen LogP contribution in [0.3, 0.4) is 0 Å². The lowest BCUT2D eigenvalue weighted by Crippen LogP contribution is -2.26. The molecule has 0 aliphatic heterocycles. The second kappa shape index (κ2) is 7.96. The Hall–Kier alpha value is -0.340. The fraction of sp³-hybridized carbons (Fsp3) is 0.400. The summed E-state index contributed by atoms with van der Waals surface area (Å²) in [5, 5.41) is 0. The van der Waals surface area contributed by atoms with E-state index in [-0.39, 0.29) is 17.3 Å². The molecule has 5 nitrogen and oxygen atoms in total. The summed E-state index contributed by atoms with van der Waals surface area (Å²) in [6.45, 7) is 0.789. The van der Waals surface area contributed by atoms with Crippen molar-refractivity contribution in [2.24, 2.45) is 5.73 Å². The fourth-order valence-electron chi connectivity index (χ4n) is 1.21. The molecule has 0 aromatic heterocycles. The van der Waals surface area contributed by atoms with Gasteiger partial charge in [-0.25, -0.2) is 13.1 Å². The molecule has 0 unspecified atom stereocenters. The van der Waals surface area contributed by atoms with Gasteiger partial charge in [-0.3, -0.25) is 0 Å². The van der Waals surface area contributed by atoms with Gasteiger partial charge in [-0.05, 0) is 47.1 Å². The molecule has 0 aliphatic carbocycles. The second-order valence-corrected chi connectivity index (χ2v) is 5.96. The maximum atomic E-state index is 11.8. The first-order valence-electron chi connectivity index (χ1n) is 5.04. The van der Waals surface area contributed by atoms with Crippen molar-refractivity contribution in [2.45, 2.75) is 11.3 Å². The van der Waals surface area contributed by atoms with Crippen LogP contribution < -0.4 is 15.2 Å². The Morgan fingerprint density at radius 2 is 2.11 bits per heavy atom. The van der Waals surface area contributed by atoms with Gasteiger partial charge in [0.2, 0.25) is 10.0 Å². The standard InChI is InChI=1S/C10H15BrN2O3S.ClH/c1-16-10-4-3-8(7-9(10)11)17(14,15)13-6-2-5-12;/h3-4,7,13H,2,5-6,12H2,1H3;1H. The maximum absolute atomic E-state index is 11.8. The van der Waals surface area contributed by atoms with Gasteiger partial charge >= 0.3 is 0 Å². The van der Waals surface area contributed by atoms with Crippen molar-refractivity contribution in [3.05, 3.63) is 22.7 Å². The number of nitrogens with two attached hydrogens (primary N) is 1. The molecule has 0 radical (unpaired) electrons. The lowest BCUT2D eigenvalue weighted by Gasteiger charge is -2.08. The van der Waals surface area contributed by atoms with Gasteiger partial charge in [0.25, 0.3) is 0 Å². The predicted octanol–water partition coefficient (Wildman–Crippen LogP) is 1.51. The highest BCUT2D eigenvalue weighted by molar-refractivity contribution is 9.10. The molecule has 0 aliphatic rings. The number of sulfonamides is 1. The number of benzene rings is 1. The van der Waals surface area contributed by atoms with Gasteiger partial charge in [0, 0.05) is 6.54 Å². The molecule has 1 aromatic carbocycles. The predicted molar refractivity (Wildman–Crippen MR) is 76.8 cm³/mol. The van der Waals surface area contributed by atoms with Crippen LogP contribution in [0.5, 0.6) is 5.75 Å². The van der Waals surface area contributed by atoms with Gasteiger partial charge < -0.3 is 10.5 Å². The molecular weight excluding hydrogens is 344 g/mol. The van der Waals surface area contributed by atoms with Crippen molar-refractivity contribution >= 4 is 38.4 Å². The lowest BCUT2D eigenvalue weighted by molar-refractivity contribution is 0.411. The molecule has 3 N–H and O–H groups in total. The summed E-state index contributed by atoms with van der Waals surface area (Å²) in [6.07, 6.45) is 0.608. The Bertz CT molecular complexity index is 482. The van der Waals surface area contributed by atoms with Crippen LogP contribution in [0.4, 0.5) is 0 Å². The van der Waals surface area contributed by atoms with Crippen molar-refractivity contribution in [1.82, 2.24) is 4.72 Å². The summed E-state index contributed by atoms with van der Waals surface area (Å²) >= 11 is 3.24. The third-order valence-corrected chi connectivity index (χ3v) is 4.18. The van der Waals surface area contributed by atoms with Gasteiger partial charge in [-0.15, -0.1) is 12.4 Å². The van der Waals surface area contributed by atoms with Gasteiger partial charge in [0.15, 0.2) is 0 Å². The van der Waals surface area contributed by atoms with E-state index in [0.717, 1.165) is 0 Å². The van der Waals surface area contributed by atoms with Crippen LogP contribution in [0.1, 0.15) is 6.42 Å². The van der Waals surface area contributed by atoms with Gasteiger partial charge in [-0.2, -0.15) is 0 Å². The third-order valence-electron chi connectivity index (χ3n) is 2.11. The van der Waals surface area contributed by atoms with E-state index in [9.17, 15) is 8.42 Å². The van der Waals surface area contributed by atoms with Crippen LogP contribution in [-0.2, 0) is 10.0 Å². The number of hydrogen-bond acceptors (Lipinski definition) is 4. The van der Waals surface area contributed by atoms with E-state index in [2.05, 4.69) is 20.7 Å². The average molecular weight is 360 g/mol. The van der Waals surface area contributed by atoms with Crippen LogP contribution >= 0.6 is 28.3 Å². The largest absolute Gasteiger partial charge is 0.496 e. The molecule has 0 atom stereocenters. The number of methoxy groups -OCH3 is 1. The molecule has 0 bridgehead atoms. The van der Waals surface area contributed by atoms with Crippen molar-refractivity contribution in [2.75, 3.05) is 20.2 Å². The molecule has 0 saturated heterocycles. The van der Waals surface area contributed by atoms with Crippen LogP contribution in [-0.4, -0.2) is 28.6 Å². The summed E-state index contributed by atoms with van der Waals surface area (Å²) in [4.78, 5) is 0.196. The van der Waals surface area contributed by atoms with Crippen LogP contribution in [0, 0.1) is 0 Å². The minimum Gasteiger partial charge on any atom is -0.496 e. The minimum atomic E-state index is -3.47. The third kappa shape index (κ3) is 4.74. The first kappa shape index (κ1) is 17.7. The number of hydrogen-bond donors (Lipinski definition) is 2. The quantitative estimate of drug-likeness (QED) is 0.754. The van der Waals surface area contributed by atoms with E-state index >= 15 is 0 Å². The van der Waals surface area contributed by atoms with Crippen molar-refractivity contribution in [1.29, 1.82) is 0 Å². The van der Waals surface area contributed by atoms with E-state index in [4.69, 9.17) is 10.5 Å². The number of rotatable bonds is 6. The first-order valence-corrected chi connectivity index (χ1v) is 7.32. The molecule has 0 saturated carbocycles. The zero-order chi connectivity index (χ0) is 12.9. The van der Waals surface area contributed by atoms with Crippen molar-refractivity contribution < 1.29 is 13.2 Å². The zero-order valence-electron chi connectivity index (χ0n) is 9.85. The summed E-state index contributed by atoms with van der Waals surface area (Å²) in [7, 11) is -1.95. The lowest BCUT2D eigenvalue weighted by atomic mass is 10.3. The highest BCUT2D eigenvalue weighted by Crippen LogP contribution is 2.27. The normalized spacial score (nSPS) is 10.8. The molecule has 1 rings (SSSR count). The molecular formula is C10H16BrClN2O3S. The Labute approximate surface area is 122 Å². The fourth-order valence-corrected chi connectivity index (χ4v) is 3.00. The zero-order valence-corrected chi connectivity index (χ0v) is 13.1. The number of ether oxygens (including phenoxy) is 1. The first-order chi connectivity index (χ1) is 8.01. The Kier molecular flexibility index (Phi) is 7.81. The second-order valence-electron chi connectivity index (χ2n) is 3.34. The molecule has 1 aromatic rings. The Morgan fingerprint density at radius 1 is 1.44 bits per heavy atom. The Balaban J connectivity index is 0.00000289. The molecule has 8 heteroatoms. The van der Waals surface area contributed by atoms with E-state index in [1.54, 1.807) is 6.07 Å². The van der Waals surface area contributed by atoms with Crippen LogP contribution in [0.25, 0.3) is 0 Å². The van der Waals surface area contributed by atoms with Crippen LogP contribution in [0.2, 0.25) is 0 Å². The highest BCUT2D eigenvalue weighted by atomic mass is 79.9. The van der Waals surface area contributed by atoms with Gasteiger partial charge in [0.05, 0.1) is 16.5 Å². The summed E-state index contributed by atoms with van der Waals surface area (Å²) < 4.78 is 31.8. The monoisotopic (exact) mass is 358 g/mol. The Morgan fingerprint density at radius 3 is 2.61 bits per heavy atom. The molecule has 0 spiro atoms. The molecule has 18 heavy (non-hydrogen) atoms. The van der Waals surface area contributed by atoms with Crippen molar-refractivity contribution in [3.63, 3.8) is 0 Å². The maximum Gasteiger partial charge on any atom is 0.240 e. The van der Waals surface area contributed by atoms with E-state index < -0.39 is 10.0 Å². The smallest absolute Gasteiger partial charge is 0.240 e.